The van der Waals surface area contributed by atoms with Crippen molar-refractivity contribution >= 4 is 17.8 Å². The molecule has 2 heterocycles. The second-order valence-electron chi connectivity index (χ2n) is 5.91. The minimum absolute atomic E-state index is 0.141. The second-order valence-corrected chi connectivity index (χ2v) is 5.91. The molecule has 1 amide bonds. The molecule has 6 nitrogen and oxygen atoms in total. The summed E-state index contributed by atoms with van der Waals surface area (Å²) in [5.41, 5.74) is 1.94. The summed E-state index contributed by atoms with van der Waals surface area (Å²) in [4.78, 5) is 18.8. The van der Waals surface area contributed by atoms with Gasteiger partial charge in [-0.25, -0.2) is 4.98 Å². The molecule has 0 bridgehead atoms. The molecule has 1 fully saturated rings. The Morgan fingerprint density at radius 2 is 2.04 bits per heavy atom. The van der Waals surface area contributed by atoms with Crippen LogP contribution >= 0.6 is 0 Å². The molecular formula is C20H23N3O3. The van der Waals surface area contributed by atoms with Gasteiger partial charge < -0.3 is 19.7 Å². The molecule has 0 spiro atoms. The first kappa shape index (κ1) is 17.9. The first-order chi connectivity index (χ1) is 12.8. The number of methoxy groups -OCH3 is 1. The first-order valence-electron chi connectivity index (χ1n) is 8.63. The molecule has 6 heteroatoms. The maximum Gasteiger partial charge on any atom is 0.244 e. The van der Waals surface area contributed by atoms with Crippen LogP contribution in [0, 0.1) is 0 Å². The average Bonchev–Trinajstić information content (AvgIpc) is 2.72. The van der Waals surface area contributed by atoms with Crippen LogP contribution in [0.3, 0.4) is 0 Å². The number of morpholine rings is 1. The van der Waals surface area contributed by atoms with Crippen molar-refractivity contribution in [2.24, 2.45) is 0 Å². The minimum Gasteiger partial charge on any atom is -0.497 e. The van der Waals surface area contributed by atoms with Crippen molar-refractivity contribution in [3.8, 4) is 5.75 Å². The molecule has 2 aromatic rings. The van der Waals surface area contributed by atoms with Crippen molar-refractivity contribution < 1.29 is 14.3 Å². The van der Waals surface area contributed by atoms with Crippen LogP contribution in [0.1, 0.15) is 11.1 Å². The molecule has 1 aromatic carbocycles. The van der Waals surface area contributed by atoms with Crippen molar-refractivity contribution in [3.05, 3.63) is 59.8 Å². The molecule has 1 N–H and O–H groups in total. The van der Waals surface area contributed by atoms with E-state index in [4.69, 9.17) is 9.47 Å². The van der Waals surface area contributed by atoms with Crippen molar-refractivity contribution in [2.75, 3.05) is 38.3 Å². The van der Waals surface area contributed by atoms with E-state index in [1.807, 2.05) is 36.4 Å². The summed E-state index contributed by atoms with van der Waals surface area (Å²) in [5, 5.41) is 2.92. The van der Waals surface area contributed by atoms with Crippen molar-refractivity contribution in [1.82, 2.24) is 10.3 Å². The highest BCUT2D eigenvalue weighted by atomic mass is 16.5. The van der Waals surface area contributed by atoms with Crippen LogP contribution in [-0.4, -0.2) is 44.3 Å². The number of benzene rings is 1. The Morgan fingerprint density at radius 3 is 2.77 bits per heavy atom. The van der Waals surface area contributed by atoms with Gasteiger partial charge in [0.05, 0.1) is 20.3 Å². The smallest absolute Gasteiger partial charge is 0.244 e. The molecule has 1 aliphatic rings. The number of ether oxygens (including phenoxy) is 2. The molecule has 1 aliphatic heterocycles. The van der Waals surface area contributed by atoms with E-state index in [0.29, 0.717) is 19.8 Å². The molecule has 0 aliphatic carbocycles. The molecule has 1 saturated heterocycles. The molecule has 0 unspecified atom stereocenters. The molecule has 1 aromatic heterocycles. The fraction of sp³-hybridized carbons (Fsp3) is 0.300. The van der Waals surface area contributed by atoms with Crippen LogP contribution < -0.4 is 15.0 Å². The number of rotatable bonds is 6. The zero-order valence-corrected chi connectivity index (χ0v) is 14.9. The van der Waals surface area contributed by atoms with Crippen LogP contribution in [0.25, 0.3) is 6.08 Å². The van der Waals surface area contributed by atoms with Gasteiger partial charge in [0.25, 0.3) is 0 Å². The lowest BCUT2D eigenvalue weighted by atomic mass is 10.2. The molecule has 136 valence electrons. The van der Waals surface area contributed by atoms with Gasteiger partial charge in [-0.3, -0.25) is 4.79 Å². The summed E-state index contributed by atoms with van der Waals surface area (Å²) < 4.78 is 10.5. The zero-order chi connectivity index (χ0) is 18.2. The SMILES string of the molecule is COc1ccc(/C=C/C(=O)NCc2cccnc2N2CCOCC2)cc1. The van der Waals surface area contributed by atoms with E-state index in [0.717, 1.165) is 35.8 Å². The lowest BCUT2D eigenvalue weighted by Crippen LogP contribution is -2.37. The quantitative estimate of drug-likeness (QED) is 0.807. The summed E-state index contributed by atoms with van der Waals surface area (Å²) in [6, 6.07) is 11.4. The monoisotopic (exact) mass is 353 g/mol. The first-order valence-corrected chi connectivity index (χ1v) is 8.63. The highest BCUT2D eigenvalue weighted by molar-refractivity contribution is 5.91. The van der Waals surface area contributed by atoms with E-state index in [9.17, 15) is 4.79 Å². The van der Waals surface area contributed by atoms with E-state index in [1.165, 1.54) is 6.08 Å². The van der Waals surface area contributed by atoms with Crippen molar-refractivity contribution in [2.45, 2.75) is 6.54 Å². The molecule has 0 saturated carbocycles. The van der Waals surface area contributed by atoms with Crippen LogP contribution in [0.2, 0.25) is 0 Å². The Kier molecular flexibility index (Phi) is 6.22. The Balaban J connectivity index is 1.58. The fourth-order valence-electron chi connectivity index (χ4n) is 2.76. The number of carbonyl (C=O) groups is 1. The van der Waals surface area contributed by atoms with Gasteiger partial charge in [-0.05, 0) is 29.8 Å². The second kappa shape index (κ2) is 9.01. The molecule has 3 rings (SSSR count). The maximum absolute atomic E-state index is 12.1. The zero-order valence-electron chi connectivity index (χ0n) is 14.9. The summed E-state index contributed by atoms with van der Waals surface area (Å²) in [7, 11) is 1.63. The van der Waals surface area contributed by atoms with E-state index in [2.05, 4.69) is 15.2 Å². The number of nitrogens with one attached hydrogen (secondary N) is 1. The number of hydrogen-bond donors (Lipinski definition) is 1. The summed E-state index contributed by atoms with van der Waals surface area (Å²) >= 11 is 0. The van der Waals surface area contributed by atoms with Crippen LogP contribution in [0.5, 0.6) is 5.75 Å². The summed E-state index contributed by atoms with van der Waals surface area (Å²) in [5.74, 6) is 1.56. The van der Waals surface area contributed by atoms with Gasteiger partial charge in [-0.1, -0.05) is 18.2 Å². The lowest BCUT2D eigenvalue weighted by molar-refractivity contribution is -0.116. The number of nitrogens with zero attached hydrogens (tertiary/aromatic N) is 2. The Morgan fingerprint density at radius 1 is 1.27 bits per heavy atom. The summed E-state index contributed by atoms with van der Waals surface area (Å²) in [6.07, 6.45) is 5.09. The number of pyridine rings is 1. The van der Waals surface area contributed by atoms with E-state index in [-0.39, 0.29) is 5.91 Å². The van der Waals surface area contributed by atoms with E-state index >= 15 is 0 Å². The average molecular weight is 353 g/mol. The lowest BCUT2D eigenvalue weighted by Gasteiger charge is -2.29. The minimum atomic E-state index is -0.141. The van der Waals surface area contributed by atoms with Crippen molar-refractivity contribution in [3.63, 3.8) is 0 Å². The number of hydrogen-bond acceptors (Lipinski definition) is 5. The largest absolute Gasteiger partial charge is 0.497 e. The normalized spacial score (nSPS) is 14.4. The van der Waals surface area contributed by atoms with Crippen LogP contribution in [0.15, 0.2) is 48.7 Å². The van der Waals surface area contributed by atoms with Crippen LogP contribution in [0.4, 0.5) is 5.82 Å². The highest BCUT2D eigenvalue weighted by Gasteiger charge is 2.15. The topological polar surface area (TPSA) is 63.7 Å². The van der Waals surface area contributed by atoms with Gasteiger partial charge in [0.2, 0.25) is 5.91 Å². The number of amides is 1. The van der Waals surface area contributed by atoms with Gasteiger partial charge in [-0.15, -0.1) is 0 Å². The number of carbonyl (C=O) groups excluding carboxylic acids is 1. The molecule has 0 radical (unpaired) electrons. The van der Waals surface area contributed by atoms with Gasteiger partial charge in [0.1, 0.15) is 11.6 Å². The molecule has 0 atom stereocenters. The maximum atomic E-state index is 12.1. The van der Waals surface area contributed by atoms with E-state index < -0.39 is 0 Å². The highest BCUT2D eigenvalue weighted by Crippen LogP contribution is 2.18. The predicted molar refractivity (Wildman–Crippen MR) is 101 cm³/mol. The Bertz CT molecular complexity index is 753. The predicted octanol–water partition coefficient (Wildman–Crippen LogP) is 2.26. The van der Waals surface area contributed by atoms with Gasteiger partial charge in [0, 0.05) is 37.5 Å². The number of anilines is 1. The number of aromatic nitrogens is 1. The standard InChI is InChI=1S/C20H23N3O3/c1-25-18-7-4-16(5-8-18)6-9-19(24)22-15-17-3-2-10-21-20(17)23-11-13-26-14-12-23/h2-10H,11-15H2,1H3,(H,22,24)/b9-6+. The fourth-order valence-corrected chi connectivity index (χ4v) is 2.76. The van der Waals surface area contributed by atoms with Gasteiger partial charge >= 0.3 is 0 Å². The van der Waals surface area contributed by atoms with Gasteiger partial charge in [-0.2, -0.15) is 0 Å². The van der Waals surface area contributed by atoms with E-state index in [1.54, 1.807) is 19.4 Å². The van der Waals surface area contributed by atoms with Crippen LogP contribution in [-0.2, 0) is 16.1 Å². The van der Waals surface area contributed by atoms with Gasteiger partial charge in [0.15, 0.2) is 0 Å². The summed E-state index contributed by atoms with van der Waals surface area (Å²) in [6.45, 7) is 3.47. The molecule has 26 heavy (non-hydrogen) atoms. The Hall–Kier alpha value is -2.86. The Labute approximate surface area is 153 Å². The molecular weight excluding hydrogens is 330 g/mol. The van der Waals surface area contributed by atoms with Crippen molar-refractivity contribution in [1.29, 1.82) is 0 Å². The third-order valence-electron chi connectivity index (χ3n) is 4.17. The third kappa shape index (κ3) is 4.83. The third-order valence-corrected chi connectivity index (χ3v) is 4.17.